The van der Waals surface area contributed by atoms with E-state index in [4.69, 9.17) is 4.74 Å². The molecule has 0 bridgehead atoms. The van der Waals surface area contributed by atoms with E-state index in [1.807, 2.05) is 60.7 Å². The smallest absolute Gasteiger partial charge is 0.352 e. The van der Waals surface area contributed by atoms with E-state index in [9.17, 15) is 19.5 Å². The molecule has 190 valence electrons. The van der Waals surface area contributed by atoms with Crippen molar-refractivity contribution in [2.75, 3.05) is 7.11 Å². The van der Waals surface area contributed by atoms with Crippen LogP contribution >= 0.6 is 0 Å². The van der Waals surface area contributed by atoms with Crippen LogP contribution in [0.5, 0.6) is 5.75 Å². The number of benzene rings is 3. The lowest BCUT2D eigenvalue weighted by Crippen LogP contribution is -2.49. The van der Waals surface area contributed by atoms with Gasteiger partial charge in [0.25, 0.3) is 0 Å². The predicted octanol–water partition coefficient (Wildman–Crippen LogP) is 4.27. The maximum atomic E-state index is 13.3. The number of allylic oxidation sites excluding steroid dienone is 1. The molecule has 8 heteroatoms. The lowest BCUT2D eigenvalue weighted by Gasteiger charge is -2.21. The maximum absolute atomic E-state index is 13.3. The molecule has 4 aromatic rings. The number of ether oxygens (including phenoxy) is 1. The number of fused-ring (bicyclic) bond motifs is 2. The van der Waals surface area contributed by atoms with Crippen molar-refractivity contribution in [1.29, 1.82) is 0 Å². The molecule has 4 rings (SSSR count). The molecular weight excluding hydrogens is 470 g/mol. The summed E-state index contributed by atoms with van der Waals surface area (Å²) in [4.78, 5) is 41.1. The van der Waals surface area contributed by atoms with Crippen molar-refractivity contribution < 1.29 is 24.2 Å². The fourth-order valence-electron chi connectivity index (χ4n) is 4.29. The second kappa shape index (κ2) is 11.0. The second-order valence-electron chi connectivity index (χ2n) is 8.82. The highest BCUT2D eigenvalue weighted by Crippen LogP contribution is 2.26. The van der Waals surface area contributed by atoms with Crippen LogP contribution < -0.4 is 15.4 Å². The van der Waals surface area contributed by atoms with Gasteiger partial charge >= 0.3 is 5.97 Å². The molecule has 8 nitrogen and oxygen atoms in total. The number of carbonyl (C=O) groups excluding carboxylic acids is 2. The molecule has 2 amide bonds. The fourth-order valence-corrected chi connectivity index (χ4v) is 4.29. The van der Waals surface area contributed by atoms with Gasteiger partial charge in [-0.15, -0.1) is 0 Å². The van der Waals surface area contributed by atoms with Gasteiger partial charge in [-0.1, -0.05) is 48.5 Å². The van der Waals surface area contributed by atoms with Gasteiger partial charge in [0, 0.05) is 23.5 Å². The Labute approximate surface area is 214 Å². The molecule has 37 heavy (non-hydrogen) atoms. The van der Waals surface area contributed by atoms with Gasteiger partial charge in [0.05, 0.1) is 13.0 Å². The van der Waals surface area contributed by atoms with Gasteiger partial charge in [0.2, 0.25) is 11.8 Å². The number of methoxy groups -OCH3 is 1. The standard InChI is InChI=1S/C29H29N3O5/c1-4-24(29(35)36)31-28(34)26(15-21-16-30-25-8-6-5-7-23(21)25)32-27(33)17(2)18-9-10-20-14-22(37-3)12-11-19(20)13-18/h4-14,16-17,26,30H,15H2,1-3H3,(H,31,34)(H,32,33)(H,35,36)/b24-4-/t17-,26-/m0/s1. The summed E-state index contributed by atoms with van der Waals surface area (Å²) in [6.45, 7) is 3.30. The minimum Gasteiger partial charge on any atom is -0.497 e. The van der Waals surface area contributed by atoms with Crippen molar-refractivity contribution >= 4 is 39.5 Å². The third-order valence-corrected chi connectivity index (χ3v) is 6.47. The maximum Gasteiger partial charge on any atom is 0.352 e. The van der Waals surface area contributed by atoms with Crippen LogP contribution in [0.2, 0.25) is 0 Å². The summed E-state index contributed by atoms with van der Waals surface area (Å²) in [5.74, 6) is -2.00. The van der Waals surface area contributed by atoms with Crippen LogP contribution in [-0.4, -0.2) is 41.0 Å². The predicted molar refractivity (Wildman–Crippen MR) is 142 cm³/mol. The summed E-state index contributed by atoms with van der Waals surface area (Å²) in [5, 5.41) is 17.5. The molecule has 1 aromatic heterocycles. The number of H-pyrrole nitrogens is 1. The van der Waals surface area contributed by atoms with Gasteiger partial charge in [0.1, 0.15) is 17.5 Å². The van der Waals surface area contributed by atoms with Gasteiger partial charge in [-0.25, -0.2) is 4.79 Å². The van der Waals surface area contributed by atoms with E-state index in [1.54, 1.807) is 20.2 Å². The number of aromatic nitrogens is 1. The molecule has 4 N–H and O–H groups in total. The van der Waals surface area contributed by atoms with E-state index in [0.29, 0.717) is 0 Å². The highest BCUT2D eigenvalue weighted by molar-refractivity contribution is 5.97. The van der Waals surface area contributed by atoms with Gasteiger partial charge in [-0.3, -0.25) is 9.59 Å². The molecule has 0 saturated heterocycles. The summed E-state index contributed by atoms with van der Waals surface area (Å²) >= 11 is 0. The molecule has 0 aliphatic rings. The van der Waals surface area contributed by atoms with Crippen LogP contribution in [0.25, 0.3) is 21.7 Å². The fraction of sp³-hybridized carbons (Fsp3) is 0.207. The number of hydrogen-bond donors (Lipinski definition) is 4. The van der Waals surface area contributed by atoms with Crippen LogP contribution in [-0.2, 0) is 20.8 Å². The molecule has 0 aliphatic heterocycles. The van der Waals surface area contributed by atoms with Crippen LogP contribution in [0.15, 0.2) is 78.6 Å². The number of para-hydroxylation sites is 1. The summed E-state index contributed by atoms with van der Waals surface area (Å²) in [6.07, 6.45) is 3.28. The van der Waals surface area contributed by atoms with E-state index < -0.39 is 23.8 Å². The Morgan fingerprint density at radius 1 is 1.03 bits per heavy atom. The Hall–Kier alpha value is -4.59. The summed E-state index contributed by atoms with van der Waals surface area (Å²) in [6, 6.07) is 18.1. The Balaban J connectivity index is 1.59. The molecule has 3 aromatic carbocycles. The van der Waals surface area contributed by atoms with Gasteiger partial charge in [0.15, 0.2) is 0 Å². The summed E-state index contributed by atoms with van der Waals surface area (Å²) < 4.78 is 5.28. The minimum absolute atomic E-state index is 0.183. The molecule has 0 radical (unpaired) electrons. The van der Waals surface area contributed by atoms with Crippen molar-refractivity contribution in [1.82, 2.24) is 15.6 Å². The van der Waals surface area contributed by atoms with Gasteiger partial charge in [-0.05, 0) is 53.9 Å². The van der Waals surface area contributed by atoms with Gasteiger partial charge < -0.3 is 25.5 Å². The molecule has 1 heterocycles. The van der Waals surface area contributed by atoms with E-state index in [2.05, 4.69) is 15.6 Å². The molecule has 0 aliphatic carbocycles. The molecular formula is C29H29N3O5. The number of carbonyl (C=O) groups is 3. The first-order valence-electron chi connectivity index (χ1n) is 11.9. The highest BCUT2D eigenvalue weighted by Gasteiger charge is 2.27. The SMILES string of the molecule is C/C=C(\NC(=O)[C@H](Cc1c[nH]c2ccccc12)NC(=O)[C@@H](C)c1ccc2cc(OC)ccc2c1)C(=O)O. The first-order valence-corrected chi connectivity index (χ1v) is 11.9. The third kappa shape index (κ3) is 5.64. The van der Waals surface area contributed by atoms with Gasteiger partial charge in [-0.2, -0.15) is 0 Å². The van der Waals surface area contributed by atoms with E-state index in [0.717, 1.165) is 38.6 Å². The molecule has 0 saturated carbocycles. The molecule has 0 fully saturated rings. The number of nitrogens with one attached hydrogen (secondary N) is 3. The number of amides is 2. The number of aliphatic carboxylic acids is 1. The Morgan fingerprint density at radius 2 is 1.76 bits per heavy atom. The zero-order valence-corrected chi connectivity index (χ0v) is 20.9. The van der Waals surface area contributed by atoms with Crippen molar-refractivity contribution in [3.63, 3.8) is 0 Å². The quantitative estimate of drug-likeness (QED) is 0.257. The van der Waals surface area contributed by atoms with Crippen molar-refractivity contribution in [3.05, 3.63) is 89.8 Å². The number of rotatable bonds is 9. The van der Waals surface area contributed by atoms with E-state index >= 15 is 0 Å². The summed E-state index contributed by atoms with van der Waals surface area (Å²) in [5.41, 5.74) is 2.28. The van der Waals surface area contributed by atoms with Crippen molar-refractivity contribution in [2.45, 2.75) is 32.2 Å². The van der Waals surface area contributed by atoms with Crippen LogP contribution in [0.4, 0.5) is 0 Å². The van der Waals surface area contributed by atoms with E-state index in [1.165, 1.54) is 13.0 Å². The number of carboxylic acid groups (broad SMARTS) is 1. The zero-order chi connectivity index (χ0) is 26.5. The number of aromatic amines is 1. The van der Waals surface area contributed by atoms with E-state index in [-0.39, 0.29) is 18.0 Å². The van der Waals surface area contributed by atoms with Crippen LogP contribution in [0.3, 0.4) is 0 Å². The number of hydrogen-bond acceptors (Lipinski definition) is 4. The highest BCUT2D eigenvalue weighted by atomic mass is 16.5. The minimum atomic E-state index is -1.26. The lowest BCUT2D eigenvalue weighted by molar-refractivity contribution is -0.135. The van der Waals surface area contributed by atoms with Crippen molar-refractivity contribution in [2.24, 2.45) is 0 Å². The first kappa shape index (κ1) is 25.5. The number of carboxylic acids is 1. The normalized spacial score (nSPS) is 13.2. The first-order chi connectivity index (χ1) is 17.8. The lowest BCUT2D eigenvalue weighted by atomic mass is 9.96. The average molecular weight is 500 g/mol. The molecule has 2 atom stereocenters. The largest absolute Gasteiger partial charge is 0.497 e. The Kier molecular flexibility index (Phi) is 7.57. The topological polar surface area (TPSA) is 121 Å². The Morgan fingerprint density at radius 3 is 2.49 bits per heavy atom. The average Bonchev–Trinajstić information content (AvgIpc) is 3.32. The van der Waals surface area contributed by atoms with Crippen LogP contribution in [0, 0.1) is 0 Å². The molecule has 0 unspecified atom stereocenters. The monoisotopic (exact) mass is 499 g/mol. The summed E-state index contributed by atoms with van der Waals surface area (Å²) in [7, 11) is 1.61. The molecule has 0 spiro atoms. The van der Waals surface area contributed by atoms with Crippen molar-refractivity contribution in [3.8, 4) is 5.75 Å². The zero-order valence-electron chi connectivity index (χ0n) is 20.9. The van der Waals surface area contributed by atoms with Crippen LogP contribution in [0.1, 0.15) is 30.9 Å². The third-order valence-electron chi connectivity index (χ3n) is 6.47. The second-order valence-corrected chi connectivity index (χ2v) is 8.82. The Bertz CT molecular complexity index is 1500.